The van der Waals surface area contributed by atoms with Crippen molar-refractivity contribution < 1.29 is 4.74 Å². The van der Waals surface area contributed by atoms with Crippen molar-refractivity contribution in [3.8, 4) is 11.3 Å². The van der Waals surface area contributed by atoms with E-state index < -0.39 is 0 Å². The van der Waals surface area contributed by atoms with Crippen LogP contribution in [0.2, 0.25) is 0 Å². The number of piperidine rings is 1. The van der Waals surface area contributed by atoms with E-state index in [-0.39, 0.29) is 6.10 Å². The lowest BCUT2D eigenvalue weighted by molar-refractivity contribution is 0.00370. The van der Waals surface area contributed by atoms with Gasteiger partial charge in [0.2, 0.25) is 0 Å². The van der Waals surface area contributed by atoms with Gasteiger partial charge in [-0.1, -0.05) is 11.3 Å². The summed E-state index contributed by atoms with van der Waals surface area (Å²) < 4.78 is 7.77. The Morgan fingerprint density at radius 1 is 1.21 bits per heavy atom. The van der Waals surface area contributed by atoms with E-state index in [1.807, 2.05) is 4.68 Å². The Kier molecular flexibility index (Phi) is 4.85. The Morgan fingerprint density at radius 3 is 2.82 bits per heavy atom. The molecule has 2 aromatic rings. The molecular weight excluding hydrogens is 350 g/mol. The Bertz CT molecular complexity index is 812. The quantitative estimate of drug-likeness (QED) is 0.882. The second kappa shape index (κ2) is 7.48. The predicted octanol–water partition coefficient (Wildman–Crippen LogP) is 3.01. The summed E-state index contributed by atoms with van der Waals surface area (Å²) in [5.41, 5.74) is 5.30. The molecule has 3 saturated heterocycles. The van der Waals surface area contributed by atoms with E-state index in [0.717, 1.165) is 25.3 Å². The number of hydrogen-bond donors (Lipinski definition) is 1. The first-order valence-corrected chi connectivity index (χ1v) is 10.8. The van der Waals surface area contributed by atoms with Crippen LogP contribution >= 0.6 is 0 Å². The molecule has 1 spiro atoms. The number of aromatic nitrogens is 3. The van der Waals surface area contributed by atoms with Crippen molar-refractivity contribution in [2.45, 2.75) is 51.7 Å². The van der Waals surface area contributed by atoms with Crippen molar-refractivity contribution >= 4 is 5.69 Å². The largest absolute Gasteiger partial charge is 0.376 e. The smallest absolute Gasteiger partial charge is 0.113 e. The molecule has 5 rings (SSSR count). The first kappa shape index (κ1) is 18.1. The van der Waals surface area contributed by atoms with Crippen LogP contribution in [0.15, 0.2) is 24.4 Å². The number of hydrogen-bond acceptors (Lipinski definition) is 5. The molecule has 1 atom stereocenters. The zero-order chi connectivity index (χ0) is 19.0. The van der Waals surface area contributed by atoms with Gasteiger partial charge in [-0.2, -0.15) is 0 Å². The molecule has 28 heavy (non-hydrogen) atoms. The highest BCUT2D eigenvalue weighted by Crippen LogP contribution is 2.41. The van der Waals surface area contributed by atoms with Gasteiger partial charge in [-0.15, -0.1) is 5.10 Å². The van der Waals surface area contributed by atoms with Gasteiger partial charge in [-0.3, -0.25) is 0 Å². The zero-order valence-corrected chi connectivity index (χ0v) is 16.9. The van der Waals surface area contributed by atoms with E-state index >= 15 is 0 Å². The molecule has 150 valence electrons. The second-order valence-electron chi connectivity index (χ2n) is 8.92. The molecule has 0 unspecified atom stereocenters. The lowest BCUT2D eigenvalue weighted by Crippen LogP contribution is -2.60. The molecule has 0 aliphatic carbocycles. The van der Waals surface area contributed by atoms with Gasteiger partial charge in [-0.25, -0.2) is 4.68 Å². The number of aryl methyl sites for hydroxylation is 1. The lowest BCUT2D eigenvalue weighted by atomic mass is 9.72. The molecule has 3 aliphatic rings. The molecule has 6 nitrogen and oxygen atoms in total. The third-order valence-electron chi connectivity index (χ3n) is 6.77. The third-order valence-corrected chi connectivity index (χ3v) is 6.77. The minimum atomic E-state index is 0.278. The first-order chi connectivity index (χ1) is 13.7. The van der Waals surface area contributed by atoms with Gasteiger partial charge in [0.1, 0.15) is 5.69 Å². The van der Waals surface area contributed by atoms with E-state index in [2.05, 4.69) is 51.8 Å². The minimum absolute atomic E-state index is 0.278. The van der Waals surface area contributed by atoms with Crippen LogP contribution in [-0.4, -0.2) is 53.9 Å². The average molecular weight is 382 g/mol. The Balaban J connectivity index is 1.25. The summed E-state index contributed by atoms with van der Waals surface area (Å²) >= 11 is 0. The molecule has 1 aromatic heterocycles. The van der Waals surface area contributed by atoms with Gasteiger partial charge >= 0.3 is 0 Å². The Morgan fingerprint density at radius 2 is 2.07 bits per heavy atom. The fourth-order valence-electron chi connectivity index (χ4n) is 5.02. The highest BCUT2D eigenvalue weighted by Gasteiger charge is 2.43. The molecule has 0 saturated carbocycles. The van der Waals surface area contributed by atoms with Gasteiger partial charge in [-0.05, 0) is 69.8 Å². The monoisotopic (exact) mass is 381 g/mol. The lowest BCUT2D eigenvalue weighted by Gasteiger charge is -2.53. The van der Waals surface area contributed by atoms with Gasteiger partial charge in [0.15, 0.2) is 0 Å². The first-order valence-electron chi connectivity index (χ1n) is 10.8. The summed E-state index contributed by atoms with van der Waals surface area (Å²) in [7, 11) is 0. The standard InChI is InChI=1S/C22H31N5O/c1-17-12-18(26-15-22(16-26)7-9-23-10-8-22)5-6-20(17)21-14-27(25-24-21)13-19-4-2-3-11-28-19/h5-6,12,14,19,23H,2-4,7-11,13,15-16H2,1H3/t19-/m1/s1. The molecule has 1 aromatic carbocycles. The summed E-state index contributed by atoms with van der Waals surface area (Å²) in [6.45, 7) is 8.61. The topological polar surface area (TPSA) is 55.2 Å². The maximum atomic E-state index is 5.83. The Labute approximate surface area is 167 Å². The number of nitrogens with one attached hydrogen (secondary N) is 1. The SMILES string of the molecule is Cc1cc(N2CC3(CCNCC3)C2)ccc1-c1cn(C[C@H]2CCCCO2)nn1. The Hall–Kier alpha value is -1.92. The molecule has 6 heteroatoms. The second-order valence-corrected chi connectivity index (χ2v) is 8.92. The van der Waals surface area contributed by atoms with Crippen molar-refractivity contribution in [3.63, 3.8) is 0 Å². The fourth-order valence-corrected chi connectivity index (χ4v) is 5.02. The summed E-state index contributed by atoms with van der Waals surface area (Å²) in [5, 5.41) is 12.3. The fraction of sp³-hybridized carbons (Fsp3) is 0.636. The van der Waals surface area contributed by atoms with Gasteiger partial charge in [0.25, 0.3) is 0 Å². The summed E-state index contributed by atoms with van der Waals surface area (Å²) in [6.07, 6.45) is 8.52. The van der Waals surface area contributed by atoms with Crippen LogP contribution in [0.3, 0.4) is 0 Å². The number of rotatable bonds is 4. The summed E-state index contributed by atoms with van der Waals surface area (Å²) in [5.74, 6) is 0. The van der Waals surface area contributed by atoms with Crippen LogP contribution in [0, 0.1) is 12.3 Å². The predicted molar refractivity (Wildman–Crippen MR) is 111 cm³/mol. The molecule has 1 N–H and O–H groups in total. The normalized spacial score (nSPS) is 24.3. The van der Waals surface area contributed by atoms with Crippen LogP contribution in [-0.2, 0) is 11.3 Å². The minimum Gasteiger partial charge on any atom is -0.376 e. The summed E-state index contributed by atoms with van der Waals surface area (Å²) in [4.78, 5) is 2.53. The maximum Gasteiger partial charge on any atom is 0.113 e. The van der Waals surface area contributed by atoms with E-state index in [9.17, 15) is 0 Å². The third kappa shape index (κ3) is 3.55. The number of nitrogens with zero attached hydrogens (tertiary/aromatic N) is 4. The van der Waals surface area contributed by atoms with Crippen molar-refractivity contribution in [3.05, 3.63) is 30.0 Å². The number of benzene rings is 1. The molecule has 0 radical (unpaired) electrons. The van der Waals surface area contributed by atoms with Crippen molar-refractivity contribution in [1.29, 1.82) is 0 Å². The summed E-state index contributed by atoms with van der Waals surface area (Å²) in [6, 6.07) is 6.77. The molecule has 0 amide bonds. The maximum absolute atomic E-state index is 5.83. The van der Waals surface area contributed by atoms with Crippen LogP contribution in [0.5, 0.6) is 0 Å². The highest BCUT2D eigenvalue weighted by molar-refractivity contribution is 5.67. The average Bonchev–Trinajstić information content (AvgIpc) is 3.15. The number of anilines is 1. The zero-order valence-electron chi connectivity index (χ0n) is 16.9. The van der Waals surface area contributed by atoms with Gasteiger partial charge in [0.05, 0.1) is 18.8 Å². The van der Waals surface area contributed by atoms with E-state index in [4.69, 9.17) is 4.74 Å². The molecule has 4 heterocycles. The van der Waals surface area contributed by atoms with E-state index in [1.54, 1.807) is 0 Å². The van der Waals surface area contributed by atoms with E-state index in [1.165, 1.54) is 68.7 Å². The number of ether oxygens (including phenoxy) is 1. The van der Waals surface area contributed by atoms with E-state index in [0.29, 0.717) is 5.41 Å². The van der Waals surface area contributed by atoms with Crippen LogP contribution < -0.4 is 10.2 Å². The van der Waals surface area contributed by atoms with Crippen LogP contribution in [0.4, 0.5) is 5.69 Å². The van der Waals surface area contributed by atoms with Gasteiger partial charge in [0, 0.05) is 36.4 Å². The molecule has 0 bridgehead atoms. The molecule has 3 fully saturated rings. The van der Waals surface area contributed by atoms with Crippen molar-refractivity contribution in [2.75, 3.05) is 37.7 Å². The van der Waals surface area contributed by atoms with Crippen LogP contribution in [0.1, 0.15) is 37.7 Å². The highest BCUT2D eigenvalue weighted by atomic mass is 16.5. The molecule has 3 aliphatic heterocycles. The van der Waals surface area contributed by atoms with Gasteiger partial charge < -0.3 is 15.0 Å². The molecular formula is C22H31N5O. The van der Waals surface area contributed by atoms with Crippen molar-refractivity contribution in [2.24, 2.45) is 5.41 Å². The van der Waals surface area contributed by atoms with Crippen molar-refractivity contribution in [1.82, 2.24) is 20.3 Å². The van der Waals surface area contributed by atoms with Crippen LogP contribution in [0.25, 0.3) is 11.3 Å².